The van der Waals surface area contributed by atoms with Crippen molar-refractivity contribution in [3.8, 4) is 0 Å². The molecule has 9 nitrogen and oxygen atoms in total. The maximum atomic E-state index is 12.4. The Hall–Kier alpha value is -3.53. The lowest BCUT2D eigenvalue weighted by molar-refractivity contribution is -0.385. The molecule has 1 fully saturated rings. The topological polar surface area (TPSA) is 123 Å². The largest absolute Gasteiger partial charge is 0.350 e. The van der Waals surface area contributed by atoms with Gasteiger partial charge in [0.2, 0.25) is 0 Å². The van der Waals surface area contributed by atoms with Crippen LogP contribution in [-0.2, 0) is 4.79 Å². The van der Waals surface area contributed by atoms with E-state index in [1.54, 1.807) is 30.6 Å². The first-order chi connectivity index (χ1) is 13.9. The van der Waals surface area contributed by atoms with Crippen molar-refractivity contribution in [2.75, 3.05) is 13.1 Å². The van der Waals surface area contributed by atoms with E-state index in [4.69, 9.17) is 0 Å². The zero-order valence-corrected chi connectivity index (χ0v) is 16.1. The first-order valence-electron chi connectivity index (χ1n) is 8.56. The smallest absolute Gasteiger partial charge is 0.293 e. The van der Waals surface area contributed by atoms with Gasteiger partial charge in [-0.15, -0.1) is 0 Å². The molecule has 148 valence electrons. The molecular formula is C19H16N4O5S. The fourth-order valence-corrected chi connectivity index (χ4v) is 3.61. The van der Waals surface area contributed by atoms with Crippen LogP contribution < -0.4 is 5.32 Å². The van der Waals surface area contributed by atoms with Gasteiger partial charge in [-0.05, 0) is 42.5 Å². The number of nitro benzene ring substituents is 1. The maximum absolute atomic E-state index is 12.4. The van der Waals surface area contributed by atoms with E-state index in [1.165, 1.54) is 25.1 Å². The van der Waals surface area contributed by atoms with Crippen molar-refractivity contribution in [2.45, 2.75) is 6.92 Å². The molecule has 2 heterocycles. The average Bonchev–Trinajstić information content (AvgIpc) is 2.96. The third-order valence-corrected chi connectivity index (χ3v) is 5.13. The molecule has 3 rings (SSSR count). The summed E-state index contributed by atoms with van der Waals surface area (Å²) in [7, 11) is 0. The summed E-state index contributed by atoms with van der Waals surface area (Å²) in [5, 5.41) is 13.2. The van der Waals surface area contributed by atoms with Crippen molar-refractivity contribution in [2.24, 2.45) is 0 Å². The second-order valence-corrected chi connectivity index (χ2v) is 7.08. The van der Waals surface area contributed by atoms with Gasteiger partial charge in [0.05, 0.1) is 9.83 Å². The van der Waals surface area contributed by atoms with Gasteiger partial charge in [-0.25, -0.2) is 0 Å². The number of benzene rings is 1. The lowest BCUT2D eigenvalue weighted by Gasteiger charge is -2.13. The summed E-state index contributed by atoms with van der Waals surface area (Å²) in [5.41, 5.74) is 0.974. The molecule has 0 atom stereocenters. The monoisotopic (exact) mass is 412 g/mol. The highest BCUT2D eigenvalue weighted by Gasteiger charge is 2.34. The van der Waals surface area contributed by atoms with Crippen LogP contribution in [0.15, 0.2) is 47.6 Å². The molecule has 2 aromatic rings. The number of hydrogen-bond acceptors (Lipinski definition) is 7. The number of nitrogens with zero attached hydrogens (tertiary/aromatic N) is 3. The van der Waals surface area contributed by atoms with Crippen LogP contribution in [-0.4, -0.2) is 45.0 Å². The molecule has 29 heavy (non-hydrogen) atoms. The summed E-state index contributed by atoms with van der Waals surface area (Å²) in [6.45, 7) is 1.51. The summed E-state index contributed by atoms with van der Waals surface area (Å²) in [6, 6.07) is 7.72. The van der Waals surface area contributed by atoms with E-state index < -0.39 is 22.0 Å². The average molecular weight is 412 g/mol. The van der Waals surface area contributed by atoms with Crippen LogP contribution in [0.2, 0.25) is 0 Å². The zero-order chi connectivity index (χ0) is 21.0. The summed E-state index contributed by atoms with van der Waals surface area (Å²) in [4.78, 5) is 52.6. The molecule has 1 N–H and O–H groups in total. The first kappa shape index (κ1) is 20.2. The van der Waals surface area contributed by atoms with E-state index in [-0.39, 0.29) is 34.8 Å². The van der Waals surface area contributed by atoms with E-state index in [9.17, 15) is 24.5 Å². The summed E-state index contributed by atoms with van der Waals surface area (Å²) >= 11 is 0.823. The van der Waals surface area contributed by atoms with Crippen molar-refractivity contribution in [3.05, 3.63) is 74.4 Å². The van der Waals surface area contributed by atoms with Gasteiger partial charge in [0.25, 0.3) is 22.7 Å². The lowest BCUT2D eigenvalue weighted by atomic mass is 10.1. The minimum atomic E-state index is -0.555. The van der Waals surface area contributed by atoms with Gasteiger partial charge in [-0.2, -0.15) is 0 Å². The molecule has 0 bridgehead atoms. The number of thioether (sulfide) groups is 1. The summed E-state index contributed by atoms with van der Waals surface area (Å²) in [5.74, 6) is -0.950. The molecule has 0 unspecified atom stereocenters. The molecule has 1 saturated heterocycles. The minimum Gasteiger partial charge on any atom is -0.350 e. The first-order valence-corrected chi connectivity index (χ1v) is 9.37. The van der Waals surface area contributed by atoms with Crippen LogP contribution in [0, 0.1) is 17.0 Å². The number of nitro groups is 1. The Morgan fingerprint density at radius 2 is 2.10 bits per heavy atom. The molecule has 0 spiro atoms. The van der Waals surface area contributed by atoms with Gasteiger partial charge in [-0.1, -0.05) is 12.1 Å². The third-order valence-electron chi connectivity index (χ3n) is 4.22. The van der Waals surface area contributed by atoms with E-state index in [1.807, 2.05) is 0 Å². The van der Waals surface area contributed by atoms with Crippen molar-refractivity contribution in [1.82, 2.24) is 15.2 Å². The Bertz CT molecular complexity index is 1020. The van der Waals surface area contributed by atoms with Crippen molar-refractivity contribution in [1.29, 1.82) is 0 Å². The molecular weight excluding hydrogens is 396 g/mol. The van der Waals surface area contributed by atoms with Crippen molar-refractivity contribution >= 4 is 40.6 Å². The van der Waals surface area contributed by atoms with Gasteiger partial charge in [0.1, 0.15) is 0 Å². The summed E-state index contributed by atoms with van der Waals surface area (Å²) in [6.07, 6.45) is 4.77. The van der Waals surface area contributed by atoms with E-state index >= 15 is 0 Å². The number of carbonyl (C=O) groups is 3. The van der Waals surface area contributed by atoms with Gasteiger partial charge < -0.3 is 5.32 Å². The van der Waals surface area contributed by atoms with Crippen LogP contribution >= 0.6 is 11.8 Å². The van der Waals surface area contributed by atoms with Crippen LogP contribution in [0.1, 0.15) is 21.5 Å². The molecule has 1 aliphatic rings. The van der Waals surface area contributed by atoms with Gasteiger partial charge in [0.15, 0.2) is 0 Å². The van der Waals surface area contributed by atoms with Crippen molar-refractivity contribution in [3.63, 3.8) is 0 Å². The molecule has 1 aliphatic heterocycles. The van der Waals surface area contributed by atoms with Gasteiger partial charge in [0, 0.05) is 42.7 Å². The molecule has 3 amide bonds. The van der Waals surface area contributed by atoms with Gasteiger partial charge >= 0.3 is 0 Å². The van der Waals surface area contributed by atoms with Crippen LogP contribution in [0.25, 0.3) is 6.08 Å². The Labute approximate surface area is 170 Å². The zero-order valence-electron chi connectivity index (χ0n) is 15.3. The van der Waals surface area contributed by atoms with Gasteiger partial charge in [-0.3, -0.25) is 34.4 Å². The second kappa shape index (κ2) is 8.65. The van der Waals surface area contributed by atoms with Crippen LogP contribution in [0.5, 0.6) is 0 Å². The predicted molar refractivity (Wildman–Crippen MR) is 107 cm³/mol. The molecule has 0 saturated carbocycles. The highest BCUT2D eigenvalue weighted by atomic mass is 32.2. The SMILES string of the molecule is Cc1c(C(=O)NCCN2C(=O)SC(=Cc3cccnc3)C2=O)cccc1[N+](=O)[O-]. The maximum Gasteiger partial charge on any atom is 0.293 e. The number of amides is 3. The highest BCUT2D eigenvalue weighted by Crippen LogP contribution is 2.31. The fraction of sp³-hybridized carbons (Fsp3) is 0.158. The standard InChI is InChI=1S/C19H16N4O5S/c1-12-14(5-2-6-15(12)23(27)28)17(24)21-8-9-22-18(25)16(29-19(22)26)10-13-4-3-7-20-11-13/h2-7,10-11H,8-9H2,1H3,(H,21,24). The number of pyridine rings is 1. The predicted octanol–water partition coefficient (Wildman–Crippen LogP) is 2.76. The Balaban J connectivity index is 1.62. The number of rotatable bonds is 6. The normalized spacial score (nSPS) is 15.1. The van der Waals surface area contributed by atoms with Crippen LogP contribution in [0.4, 0.5) is 10.5 Å². The Morgan fingerprint density at radius 3 is 2.79 bits per heavy atom. The fourth-order valence-electron chi connectivity index (χ4n) is 2.75. The quantitative estimate of drug-likeness (QED) is 0.440. The van der Waals surface area contributed by atoms with Crippen LogP contribution in [0.3, 0.4) is 0 Å². The number of aromatic nitrogens is 1. The minimum absolute atomic E-state index is 0.00520. The molecule has 1 aromatic heterocycles. The Morgan fingerprint density at radius 1 is 1.31 bits per heavy atom. The van der Waals surface area contributed by atoms with E-state index in [0.717, 1.165) is 16.7 Å². The summed E-state index contributed by atoms with van der Waals surface area (Å²) < 4.78 is 0. The van der Waals surface area contributed by atoms with E-state index in [2.05, 4.69) is 10.3 Å². The molecule has 10 heteroatoms. The highest BCUT2D eigenvalue weighted by molar-refractivity contribution is 8.18. The second-order valence-electron chi connectivity index (χ2n) is 6.08. The molecule has 0 radical (unpaired) electrons. The number of hydrogen-bond donors (Lipinski definition) is 1. The molecule has 1 aromatic carbocycles. The van der Waals surface area contributed by atoms with E-state index in [0.29, 0.717) is 5.56 Å². The third kappa shape index (κ3) is 4.49. The number of imide groups is 1. The number of carbonyl (C=O) groups excluding carboxylic acids is 3. The Kier molecular flexibility index (Phi) is 6.03. The van der Waals surface area contributed by atoms with Crippen molar-refractivity contribution < 1.29 is 19.3 Å². The number of nitrogens with one attached hydrogen (secondary N) is 1. The lowest BCUT2D eigenvalue weighted by Crippen LogP contribution is -2.37. The molecule has 0 aliphatic carbocycles.